The highest BCUT2D eigenvalue weighted by atomic mass is 19.4. The van der Waals surface area contributed by atoms with Crippen LogP contribution in [0, 0.1) is 0 Å². The van der Waals surface area contributed by atoms with Crippen LogP contribution in [0.3, 0.4) is 0 Å². The van der Waals surface area contributed by atoms with Crippen LogP contribution in [0.4, 0.5) is 13.2 Å². The van der Waals surface area contributed by atoms with Crippen LogP contribution in [0.1, 0.15) is 24.0 Å². The van der Waals surface area contributed by atoms with Crippen LogP contribution in [-0.4, -0.2) is 36.3 Å². The third kappa shape index (κ3) is 4.47. The molecule has 1 aliphatic rings. The summed E-state index contributed by atoms with van der Waals surface area (Å²) >= 11 is 0. The van der Waals surface area contributed by atoms with Gasteiger partial charge in [-0.3, -0.25) is 9.59 Å². The van der Waals surface area contributed by atoms with E-state index >= 15 is 0 Å². The van der Waals surface area contributed by atoms with Crippen LogP contribution >= 0.6 is 0 Å². The topological polar surface area (TPSA) is 49.4 Å². The average molecular weight is 314 g/mol. The maximum absolute atomic E-state index is 12.4. The average Bonchev–Trinajstić information content (AvgIpc) is 2.98. The zero-order valence-electron chi connectivity index (χ0n) is 11.9. The van der Waals surface area contributed by atoms with Gasteiger partial charge in [0.25, 0.3) is 0 Å². The van der Waals surface area contributed by atoms with Crippen LogP contribution in [0.2, 0.25) is 0 Å². The van der Waals surface area contributed by atoms with Gasteiger partial charge in [-0.25, -0.2) is 0 Å². The predicted octanol–water partition coefficient (Wildman–Crippen LogP) is 1.99. The fraction of sp³-hybridized carbons (Fsp3) is 0.467. The molecule has 0 bridgehead atoms. The Kier molecular flexibility index (Phi) is 5.05. The fourth-order valence-electron chi connectivity index (χ4n) is 2.31. The van der Waals surface area contributed by atoms with Crippen molar-refractivity contribution in [1.82, 2.24) is 10.2 Å². The molecule has 1 fully saturated rings. The van der Waals surface area contributed by atoms with Gasteiger partial charge < -0.3 is 10.2 Å². The summed E-state index contributed by atoms with van der Waals surface area (Å²) in [5.74, 6) is -0.509. The molecule has 1 aliphatic heterocycles. The van der Waals surface area contributed by atoms with Gasteiger partial charge in [0.15, 0.2) is 0 Å². The molecule has 7 heteroatoms. The maximum atomic E-state index is 12.4. The van der Waals surface area contributed by atoms with E-state index in [1.807, 2.05) is 0 Å². The number of likely N-dealkylation sites (tertiary alicyclic amines) is 1. The van der Waals surface area contributed by atoms with E-state index in [0.29, 0.717) is 18.7 Å². The molecule has 0 radical (unpaired) electrons. The highest BCUT2D eigenvalue weighted by molar-refractivity contribution is 5.85. The summed E-state index contributed by atoms with van der Waals surface area (Å²) in [6.07, 6.45) is -2.48. The van der Waals surface area contributed by atoms with Crippen LogP contribution in [0.15, 0.2) is 24.3 Å². The number of amides is 2. The first-order chi connectivity index (χ1) is 10.4. The van der Waals surface area contributed by atoms with Gasteiger partial charge in [0.1, 0.15) is 0 Å². The van der Waals surface area contributed by atoms with Gasteiger partial charge in [0.2, 0.25) is 11.8 Å². The summed E-state index contributed by atoms with van der Waals surface area (Å²) < 4.78 is 37.3. The molecule has 120 valence electrons. The zero-order valence-corrected chi connectivity index (χ0v) is 11.9. The van der Waals surface area contributed by atoms with Crippen LogP contribution in [0.25, 0.3) is 0 Å². The van der Waals surface area contributed by atoms with E-state index in [1.54, 1.807) is 4.90 Å². The van der Waals surface area contributed by atoms with Crippen molar-refractivity contribution in [2.45, 2.75) is 25.4 Å². The minimum atomic E-state index is -4.39. The molecule has 22 heavy (non-hydrogen) atoms. The number of carbonyl (C=O) groups excluding carboxylic acids is 2. The summed E-state index contributed by atoms with van der Waals surface area (Å²) in [5, 5.41) is 2.50. The third-order valence-corrected chi connectivity index (χ3v) is 3.54. The highest BCUT2D eigenvalue weighted by Crippen LogP contribution is 2.29. The summed E-state index contributed by atoms with van der Waals surface area (Å²) in [4.78, 5) is 25.1. The van der Waals surface area contributed by atoms with Crippen molar-refractivity contribution in [2.24, 2.45) is 0 Å². The molecule has 1 aromatic rings. The standard InChI is InChI=1S/C15H17F3N2O2/c16-15(17,18)12-5-3-11(4-6-12)9-13(21)19-10-14(22)20-7-1-2-8-20/h3-6H,1-2,7-10H2,(H,19,21). The van der Waals surface area contributed by atoms with Gasteiger partial charge in [-0.2, -0.15) is 13.2 Å². The van der Waals surface area contributed by atoms with E-state index < -0.39 is 11.7 Å². The molecule has 0 atom stereocenters. The molecule has 0 aliphatic carbocycles. The van der Waals surface area contributed by atoms with E-state index in [9.17, 15) is 22.8 Å². The quantitative estimate of drug-likeness (QED) is 0.924. The van der Waals surface area contributed by atoms with E-state index in [0.717, 1.165) is 25.0 Å². The van der Waals surface area contributed by atoms with Crippen molar-refractivity contribution in [1.29, 1.82) is 0 Å². The molecule has 2 rings (SSSR count). The Bertz CT molecular complexity index is 535. The van der Waals surface area contributed by atoms with Crippen molar-refractivity contribution in [2.75, 3.05) is 19.6 Å². The molecule has 0 aromatic heterocycles. The summed E-state index contributed by atoms with van der Waals surface area (Å²) in [6.45, 7) is 1.36. The Balaban J connectivity index is 1.80. The Hall–Kier alpha value is -2.05. The van der Waals surface area contributed by atoms with Gasteiger partial charge in [-0.1, -0.05) is 12.1 Å². The van der Waals surface area contributed by atoms with Crippen LogP contribution in [0.5, 0.6) is 0 Å². The van der Waals surface area contributed by atoms with Gasteiger partial charge in [0.05, 0.1) is 18.5 Å². The largest absolute Gasteiger partial charge is 0.416 e. The Labute approximate surface area is 126 Å². The Morgan fingerprint density at radius 1 is 1.09 bits per heavy atom. The zero-order chi connectivity index (χ0) is 16.2. The number of benzene rings is 1. The third-order valence-electron chi connectivity index (χ3n) is 3.54. The first-order valence-corrected chi connectivity index (χ1v) is 7.07. The molecule has 0 spiro atoms. The molecule has 2 amide bonds. The highest BCUT2D eigenvalue weighted by Gasteiger charge is 2.30. The number of nitrogens with zero attached hydrogens (tertiary/aromatic N) is 1. The molecule has 0 saturated carbocycles. The Morgan fingerprint density at radius 2 is 1.68 bits per heavy atom. The van der Waals surface area contributed by atoms with E-state index in [-0.39, 0.29) is 24.8 Å². The smallest absolute Gasteiger partial charge is 0.347 e. The number of rotatable bonds is 4. The summed E-state index contributed by atoms with van der Waals surface area (Å²) in [7, 11) is 0. The minimum Gasteiger partial charge on any atom is -0.347 e. The normalized spacial score (nSPS) is 15.0. The van der Waals surface area contributed by atoms with Crippen molar-refractivity contribution in [3.63, 3.8) is 0 Å². The molecular formula is C15H17F3N2O2. The number of hydrogen-bond acceptors (Lipinski definition) is 2. The first kappa shape index (κ1) is 16.3. The van der Waals surface area contributed by atoms with Crippen LogP contribution in [-0.2, 0) is 22.2 Å². The molecule has 4 nitrogen and oxygen atoms in total. The molecule has 1 N–H and O–H groups in total. The lowest BCUT2D eigenvalue weighted by Gasteiger charge is -2.15. The number of carbonyl (C=O) groups is 2. The number of halogens is 3. The minimum absolute atomic E-state index is 0.0502. The molecule has 1 saturated heterocycles. The molecule has 1 aromatic carbocycles. The van der Waals surface area contributed by atoms with Gasteiger partial charge >= 0.3 is 6.18 Å². The van der Waals surface area contributed by atoms with Gasteiger partial charge in [-0.05, 0) is 30.5 Å². The van der Waals surface area contributed by atoms with Crippen molar-refractivity contribution in [3.8, 4) is 0 Å². The van der Waals surface area contributed by atoms with Crippen LogP contribution < -0.4 is 5.32 Å². The second kappa shape index (κ2) is 6.81. The molecule has 1 heterocycles. The summed E-state index contributed by atoms with van der Waals surface area (Å²) in [6, 6.07) is 4.42. The summed E-state index contributed by atoms with van der Waals surface area (Å²) in [5.41, 5.74) is -0.278. The van der Waals surface area contributed by atoms with Crippen molar-refractivity contribution in [3.05, 3.63) is 35.4 Å². The van der Waals surface area contributed by atoms with Gasteiger partial charge in [0, 0.05) is 13.1 Å². The number of hydrogen-bond donors (Lipinski definition) is 1. The van der Waals surface area contributed by atoms with E-state index in [1.165, 1.54) is 12.1 Å². The monoisotopic (exact) mass is 314 g/mol. The lowest BCUT2D eigenvalue weighted by Crippen LogP contribution is -2.39. The number of alkyl halides is 3. The lowest BCUT2D eigenvalue weighted by atomic mass is 10.1. The predicted molar refractivity (Wildman–Crippen MR) is 74.0 cm³/mol. The lowest BCUT2D eigenvalue weighted by molar-refractivity contribution is -0.137. The van der Waals surface area contributed by atoms with Gasteiger partial charge in [-0.15, -0.1) is 0 Å². The van der Waals surface area contributed by atoms with Crippen molar-refractivity contribution >= 4 is 11.8 Å². The SMILES string of the molecule is O=C(Cc1ccc(C(F)(F)F)cc1)NCC(=O)N1CCCC1. The number of nitrogens with one attached hydrogen (secondary N) is 1. The molecular weight excluding hydrogens is 297 g/mol. The Morgan fingerprint density at radius 3 is 2.23 bits per heavy atom. The first-order valence-electron chi connectivity index (χ1n) is 7.07. The van der Waals surface area contributed by atoms with E-state index in [4.69, 9.17) is 0 Å². The second-order valence-corrected chi connectivity index (χ2v) is 5.24. The maximum Gasteiger partial charge on any atom is 0.416 e. The molecule has 0 unspecified atom stereocenters. The van der Waals surface area contributed by atoms with Crippen molar-refractivity contribution < 1.29 is 22.8 Å². The fourth-order valence-corrected chi connectivity index (χ4v) is 2.31. The van der Waals surface area contributed by atoms with E-state index in [2.05, 4.69) is 5.32 Å². The second-order valence-electron chi connectivity index (χ2n) is 5.24.